The Balaban J connectivity index is 1.44. The van der Waals surface area contributed by atoms with Gasteiger partial charge in [-0.25, -0.2) is 0 Å². The predicted octanol–water partition coefficient (Wildman–Crippen LogP) is 0.957. The van der Waals surface area contributed by atoms with E-state index in [1.165, 1.54) is 0 Å². The third-order valence-corrected chi connectivity index (χ3v) is 4.52. The van der Waals surface area contributed by atoms with Gasteiger partial charge in [-0.2, -0.15) is 5.10 Å². The van der Waals surface area contributed by atoms with E-state index < -0.39 is 12.2 Å². The van der Waals surface area contributed by atoms with Gasteiger partial charge in [0.25, 0.3) is 5.91 Å². The van der Waals surface area contributed by atoms with Gasteiger partial charge in [0.15, 0.2) is 5.75 Å². The maximum atomic E-state index is 12.7. The fourth-order valence-electron chi connectivity index (χ4n) is 3.04. The molecule has 0 radical (unpaired) electrons. The molecule has 0 bridgehead atoms. The molecule has 1 saturated carbocycles. The van der Waals surface area contributed by atoms with Gasteiger partial charge in [-0.1, -0.05) is 0 Å². The van der Waals surface area contributed by atoms with Crippen molar-refractivity contribution in [2.45, 2.75) is 31.0 Å². The van der Waals surface area contributed by atoms with E-state index in [4.69, 9.17) is 4.74 Å². The van der Waals surface area contributed by atoms with Gasteiger partial charge in [0.1, 0.15) is 12.2 Å². The number of carbonyl (C=O) groups is 1. The lowest BCUT2D eigenvalue weighted by Gasteiger charge is -2.16. The van der Waals surface area contributed by atoms with Crippen LogP contribution in [-0.2, 0) is 7.05 Å². The highest BCUT2D eigenvalue weighted by Gasteiger charge is 2.36. The maximum absolute atomic E-state index is 12.7. The highest BCUT2D eigenvalue weighted by molar-refractivity contribution is 5.94. The molecule has 24 heavy (non-hydrogen) atoms. The third-order valence-electron chi connectivity index (χ3n) is 4.52. The number of aromatic nitrogens is 3. The van der Waals surface area contributed by atoms with Crippen LogP contribution in [0.1, 0.15) is 34.8 Å². The summed E-state index contributed by atoms with van der Waals surface area (Å²) in [5.41, 5.74) is 1.62. The van der Waals surface area contributed by atoms with Gasteiger partial charge < -0.3 is 14.7 Å². The molecule has 2 aromatic rings. The molecule has 0 aromatic carbocycles. The minimum atomic E-state index is -0.709. The topological polar surface area (TPSA) is 80.5 Å². The van der Waals surface area contributed by atoms with Crippen molar-refractivity contribution in [2.75, 3.05) is 13.1 Å². The highest BCUT2D eigenvalue weighted by Crippen LogP contribution is 2.39. The lowest BCUT2D eigenvalue weighted by Crippen LogP contribution is -2.31. The Morgan fingerprint density at radius 1 is 1.38 bits per heavy atom. The smallest absolute Gasteiger partial charge is 0.254 e. The molecule has 7 nitrogen and oxygen atoms in total. The van der Waals surface area contributed by atoms with Crippen LogP contribution in [0.3, 0.4) is 0 Å². The first-order valence-electron chi connectivity index (χ1n) is 8.19. The number of aliphatic hydroxyl groups is 1. The van der Waals surface area contributed by atoms with Crippen molar-refractivity contribution in [1.29, 1.82) is 0 Å². The predicted molar refractivity (Wildman–Crippen MR) is 85.7 cm³/mol. The molecule has 0 unspecified atom stereocenters. The van der Waals surface area contributed by atoms with Gasteiger partial charge in [0.2, 0.25) is 0 Å². The summed E-state index contributed by atoms with van der Waals surface area (Å²) in [7, 11) is 1.80. The quantitative estimate of drug-likeness (QED) is 0.904. The van der Waals surface area contributed by atoms with E-state index in [1.54, 1.807) is 41.3 Å². The van der Waals surface area contributed by atoms with Crippen molar-refractivity contribution in [3.05, 3.63) is 42.0 Å². The largest absolute Gasteiger partial charge is 0.482 e. The van der Waals surface area contributed by atoms with Gasteiger partial charge in [0.05, 0.1) is 25.5 Å². The molecule has 7 heteroatoms. The van der Waals surface area contributed by atoms with Gasteiger partial charge in [-0.3, -0.25) is 14.5 Å². The van der Waals surface area contributed by atoms with Gasteiger partial charge in [-0.05, 0) is 25.0 Å². The summed E-state index contributed by atoms with van der Waals surface area (Å²) < 4.78 is 7.39. The van der Waals surface area contributed by atoms with Crippen LogP contribution in [0.5, 0.6) is 5.75 Å². The summed E-state index contributed by atoms with van der Waals surface area (Å²) in [6.45, 7) is 0.626. The molecule has 1 amide bonds. The second kappa shape index (κ2) is 5.90. The maximum Gasteiger partial charge on any atom is 0.254 e. The number of aliphatic hydroxyl groups excluding tert-OH is 1. The number of rotatable bonds is 4. The average molecular weight is 328 g/mol. The molecule has 2 aromatic heterocycles. The number of carbonyl (C=O) groups excluding carboxylic acids is 1. The Labute approximate surface area is 139 Å². The van der Waals surface area contributed by atoms with Crippen molar-refractivity contribution in [1.82, 2.24) is 19.7 Å². The molecule has 1 aliphatic carbocycles. The van der Waals surface area contributed by atoms with E-state index >= 15 is 0 Å². The van der Waals surface area contributed by atoms with Gasteiger partial charge in [-0.15, -0.1) is 0 Å². The fourth-order valence-corrected chi connectivity index (χ4v) is 3.04. The molecule has 126 valence electrons. The SMILES string of the molecule is Cn1cc(O[C@@H]2CN(C(=O)c3ccnc(C4CC4)c3)C[C@H]2O)cn1. The zero-order chi connectivity index (χ0) is 16.7. The Bertz CT molecular complexity index is 756. The first kappa shape index (κ1) is 15.1. The van der Waals surface area contributed by atoms with E-state index in [-0.39, 0.29) is 12.5 Å². The minimum absolute atomic E-state index is 0.0874. The normalized spacial score (nSPS) is 23.5. The molecule has 2 atom stereocenters. The lowest BCUT2D eigenvalue weighted by atomic mass is 10.1. The van der Waals surface area contributed by atoms with E-state index in [0.717, 1.165) is 18.5 Å². The van der Waals surface area contributed by atoms with Crippen LogP contribution in [0.15, 0.2) is 30.7 Å². The van der Waals surface area contributed by atoms with E-state index in [0.29, 0.717) is 23.8 Å². The highest BCUT2D eigenvalue weighted by atomic mass is 16.5. The number of pyridine rings is 1. The molecular weight excluding hydrogens is 308 g/mol. The second-order valence-corrected chi connectivity index (χ2v) is 6.53. The molecule has 1 saturated heterocycles. The molecule has 4 rings (SSSR count). The monoisotopic (exact) mass is 328 g/mol. The van der Waals surface area contributed by atoms with Crippen LogP contribution in [0, 0.1) is 0 Å². The first-order chi connectivity index (χ1) is 11.6. The van der Waals surface area contributed by atoms with Crippen molar-refractivity contribution >= 4 is 5.91 Å². The van der Waals surface area contributed by atoms with Crippen LogP contribution in [-0.4, -0.2) is 56.0 Å². The zero-order valence-electron chi connectivity index (χ0n) is 13.5. The number of hydrogen-bond acceptors (Lipinski definition) is 5. The number of likely N-dealkylation sites (tertiary alicyclic amines) is 1. The van der Waals surface area contributed by atoms with Crippen molar-refractivity contribution in [2.24, 2.45) is 7.05 Å². The van der Waals surface area contributed by atoms with Gasteiger partial charge >= 0.3 is 0 Å². The zero-order valence-corrected chi connectivity index (χ0v) is 13.5. The summed E-state index contributed by atoms with van der Waals surface area (Å²) in [4.78, 5) is 18.7. The molecular formula is C17H20N4O3. The fraction of sp³-hybridized carbons (Fsp3) is 0.471. The van der Waals surface area contributed by atoms with E-state index in [1.807, 2.05) is 6.07 Å². The summed E-state index contributed by atoms with van der Waals surface area (Å²) in [6, 6.07) is 3.61. The second-order valence-electron chi connectivity index (χ2n) is 6.53. The number of aryl methyl sites for hydroxylation is 1. The summed E-state index contributed by atoms with van der Waals surface area (Å²) in [5, 5.41) is 14.3. The number of ether oxygens (including phenoxy) is 1. The summed E-state index contributed by atoms with van der Waals surface area (Å²) >= 11 is 0. The van der Waals surface area contributed by atoms with Crippen LogP contribution in [0.25, 0.3) is 0 Å². The standard InChI is InChI=1S/C17H20N4O3/c1-20-8-13(7-19-20)24-16-10-21(9-15(16)22)17(23)12-4-5-18-14(6-12)11-2-3-11/h4-8,11,15-16,22H,2-3,9-10H2,1H3/t15-,16-/m1/s1. The Kier molecular flexibility index (Phi) is 3.72. The Hall–Kier alpha value is -2.41. The minimum Gasteiger partial charge on any atom is -0.482 e. The first-order valence-corrected chi connectivity index (χ1v) is 8.19. The Morgan fingerprint density at radius 3 is 2.92 bits per heavy atom. The van der Waals surface area contributed by atoms with Crippen LogP contribution in [0.2, 0.25) is 0 Å². The van der Waals surface area contributed by atoms with E-state index in [2.05, 4.69) is 10.1 Å². The molecule has 1 N–H and O–H groups in total. The van der Waals surface area contributed by atoms with Crippen LogP contribution < -0.4 is 4.74 Å². The van der Waals surface area contributed by atoms with Crippen LogP contribution >= 0.6 is 0 Å². The molecule has 2 aliphatic rings. The number of nitrogens with zero attached hydrogens (tertiary/aromatic N) is 4. The Morgan fingerprint density at radius 2 is 2.21 bits per heavy atom. The third kappa shape index (κ3) is 2.99. The number of β-amino-alcohol motifs (C(OH)–C–C–N with tert-alkyl or cyclic N) is 1. The van der Waals surface area contributed by atoms with Crippen molar-refractivity contribution < 1.29 is 14.6 Å². The van der Waals surface area contributed by atoms with Crippen LogP contribution in [0.4, 0.5) is 0 Å². The molecule has 1 aliphatic heterocycles. The molecule has 3 heterocycles. The molecule has 2 fully saturated rings. The van der Waals surface area contributed by atoms with Crippen molar-refractivity contribution in [3.8, 4) is 5.75 Å². The molecule has 0 spiro atoms. The van der Waals surface area contributed by atoms with E-state index in [9.17, 15) is 9.90 Å². The lowest BCUT2D eigenvalue weighted by molar-refractivity contribution is 0.0729. The average Bonchev–Trinajstić information content (AvgIpc) is 3.27. The van der Waals surface area contributed by atoms with Crippen molar-refractivity contribution in [3.63, 3.8) is 0 Å². The number of hydrogen-bond donors (Lipinski definition) is 1. The summed E-state index contributed by atoms with van der Waals surface area (Å²) in [6.07, 6.45) is 6.17. The number of amides is 1. The summed E-state index contributed by atoms with van der Waals surface area (Å²) in [5.74, 6) is 1.01. The van der Waals surface area contributed by atoms with Gasteiger partial charge in [0, 0.05) is 30.4 Å².